The number of rotatable bonds is 2. The van der Waals surface area contributed by atoms with E-state index in [0.717, 1.165) is 28.1 Å². The van der Waals surface area contributed by atoms with E-state index in [9.17, 15) is 4.39 Å². The number of nitrogens with zero attached hydrogens (tertiary/aromatic N) is 3. The Kier molecular flexibility index (Phi) is 3.06. The van der Waals surface area contributed by atoms with Gasteiger partial charge in [-0.15, -0.1) is 5.10 Å². The number of hydrogen-bond acceptors (Lipinski definition) is 2. The van der Waals surface area contributed by atoms with E-state index in [4.69, 9.17) is 0 Å². The van der Waals surface area contributed by atoms with Gasteiger partial charge < -0.3 is 0 Å². The van der Waals surface area contributed by atoms with Crippen LogP contribution in [0, 0.1) is 19.7 Å². The van der Waals surface area contributed by atoms with Crippen LogP contribution in [-0.2, 0) is 0 Å². The topological polar surface area (TPSA) is 30.7 Å². The Morgan fingerprint density at radius 3 is 2.25 bits per heavy atom. The van der Waals surface area contributed by atoms with Crippen molar-refractivity contribution in [3.05, 3.63) is 65.6 Å². The Balaban J connectivity index is 2.04. The Labute approximate surface area is 116 Å². The molecular weight excluding hydrogens is 253 g/mol. The smallest absolute Gasteiger partial charge is 0.123 e. The number of para-hydroxylation sites is 1. The van der Waals surface area contributed by atoms with Crippen molar-refractivity contribution < 1.29 is 4.39 Å². The molecule has 0 fully saturated rings. The average Bonchev–Trinajstić information content (AvgIpc) is 2.89. The summed E-state index contributed by atoms with van der Waals surface area (Å²) in [4.78, 5) is 0. The van der Waals surface area contributed by atoms with E-state index in [-0.39, 0.29) is 5.82 Å². The molecule has 0 aliphatic carbocycles. The van der Waals surface area contributed by atoms with Crippen LogP contribution in [0.4, 0.5) is 4.39 Å². The van der Waals surface area contributed by atoms with Gasteiger partial charge in [0, 0.05) is 5.56 Å². The van der Waals surface area contributed by atoms with Crippen LogP contribution < -0.4 is 0 Å². The quantitative estimate of drug-likeness (QED) is 0.709. The lowest BCUT2D eigenvalue weighted by atomic mass is 10.1. The van der Waals surface area contributed by atoms with Crippen molar-refractivity contribution in [1.82, 2.24) is 15.0 Å². The van der Waals surface area contributed by atoms with Crippen LogP contribution in [0.3, 0.4) is 0 Å². The standard InChI is InChI=1S/C16H14FN3/c1-11-4-3-5-12(2)16(11)20-10-15(18-19-20)13-6-8-14(17)9-7-13/h3-10H,1-2H3. The highest BCUT2D eigenvalue weighted by atomic mass is 19.1. The van der Waals surface area contributed by atoms with Crippen molar-refractivity contribution >= 4 is 0 Å². The van der Waals surface area contributed by atoms with Gasteiger partial charge in [-0.3, -0.25) is 0 Å². The molecule has 20 heavy (non-hydrogen) atoms. The molecule has 0 radical (unpaired) electrons. The van der Waals surface area contributed by atoms with Gasteiger partial charge in [-0.25, -0.2) is 9.07 Å². The highest BCUT2D eigenvalue weighted by Crippen LogP contribution is 2.21. The largest absolute Gasteiger partial charge is 0.220 e. The lowest BCUT2D eigenvalue weighted by molar-refractivity contribution is 0.628. The third-order valence-corrected chi connectivity index (χ3v) is 3.30. The molecule has 0 aliphatic heterocycles. The van der Waals surface area contributed by atoms with Gasteiger partial charge in [0.05, 0.1) is 11.9 Å². The summed E-state index contributed by atoms with van der Waals surface area (Å²) in [6, 6.07) is 12.4. The second-order valence-electron chi connectivity index (χ2n) is 4.80. The van der Waals surface area contributed by atoms with Crippen LogP contribution in [0.2, 0.25) is 0 Å². The first-order chi connectivity index (χ1) is 9.65. The molecule has 1 heterocycles. The Bertz CT molecular complexity index is 724. The van der Waals surface area contributed by atoms with Crippen molar-refractivity contribution in [3.63, 3.8) is 0 Å². The van der Waals surface area contributed by atoms with Crippen LogP contribution in [-0.4, -0.2) is 15.0 Å². The van der Waals surface area contributed by atoms with Crippen molar-refractivity contribution in [1.29, 1.82) is 0 Å². The summed E-state index contributed by atoms with van der Waals surface area (Å²) < 4.78 is 14.7. The second kappa shape index (κ2) is 4.89. The lowest BCUT2D eigenvalue weighted by Gasteiger charge is -2.07. The summed E-state index contributed by atoms with van der Waals surface area (Å²) in [5, 5.41) is 8.35. The summed E-state index contributed by atoms with van der Waals surface area (Å²) in [6.45, 7) is 4.09. The van der Waals surface area contributed by atoms with Crippen LogP contribution in [0.25, 0.3) is 16.9 Å². The van der Waals surface area contributed by atoms with Gasteiger partial charge in [0.25, 0.3) is 0 Å². The second-order valence-corrected chi connectivity index (χ2v) is 4.80. The fraction of sp³-hybridized carbons (Fsp3) is 0.125. The van der Waals surface area contributed by atoms with Gasteiger partial charge in [0.15, 0.2) is 0 Å². The van der Waals surface area contributed by atoms with E-state index >= 15 is 0 Å². The summed E-state index contributed by atoms with van der Waals surface area (Å²) in [6.07, 6.45) is 1.86. The fourth-order valence-electron chi connectivity index (χ4n) is 2.29. The highest BCUT2D eigenvalue weighted by Gasteiger charge is 2.09. The molecule has 3 rings (SSSR count). The molecule has 3 nitrogen and oxygen atoms in total. The third-order valence-electron chi connectivity index (χ3n) is 3.30. The molecule has 100 valence electrons. The van der Waals surface area contributed by atoms with Gasteiger partial charge in [0.1, 0.15) is 11.5 Å². The van der Waals surface area contributed by atoms with Crippen LogP contribution in [0.1, 0.15) is 11.1 Å². The van der Waals surface area contributed by atoms with Gasteiger partial charge in [-0.2, -0.15) is 0 Å². The first-order valence-corrected chi connectivity index (χ1v) is 6.40. The van der Waals surface area contributed by atoms with Gasteiger partial charge in [-0.05, 0) is 49.2 Å². The molecule has 0 N–H and O–H groups in total. The maximum atomic E-state index is 12.9. The SMILES string of the molecule is Cc1cccc(C)c1-n1cc(-c2ccc(F)cc2)nn1. The van der Waals surface area contributed by atoms with Gasteiger partial charge >= 0.3 is 0 Å². The zero-order chi connectivity index (χ0) is 14.1. The van der Waals surface area contributed by atoms with E-state index in [2.05, 4.69) is 10.3 Å². The Morgan fingerprint density at radius 2 is 1.60 bits per heavy atom. The molecule has 0 spiro atoms. The molecule has 3 aromatic rings. The van der Waals surface area contributed by atoms with Crippen molar-refractivity contribution in [3.8, 4) is 16.9 Å². The van der Waals surface area contributed by atoms with Crippen molar-refractivity contribution in [2.75, 3.05) is 0 Å². The maximum absolute atomic E-state index is 12.9. The number of aromatic nitrogens is 3. The molecule has 2 aromatic carbocycles. The fourth-order valence-corrected chi connectivity index (χ4v) is 2.29. The summed E-state index contributed by atoms with van der Waals surface area (Å²) in [5.74, 6) is -0.254. The molecule has 0 unspecified atom stereocenters. The van der Waals surface area contributed by atoms with Gasteiger partial charge in [-0.1, -0.05) is 23.4 Å². The van der Waals surface area contributed by atoms with E-state index in [1.807, 2.05) is 38.2 Å². The van der Waals surface area contributed by atoms with Crippen molar-refractivity contribution in [2.45, 2.75) is 13.8 Å². The third kappa shape index (κ3) is 2.20. The summed E-state index contributed by atoms with van der Waals surface area (Å²) >= 11 is 0. The number of hydrogen-bond donors (Lipinski definition) is 0. The van der Waals surface area contributed by atoms with E-state index < -0.39 is 0 Å². The maximum Gasteiger partial charge on any atom is 0.123 e. The van der Waals surface area contributed by atoms with Gasteiger partial charge in [0.2, 0.25) is 0 Å². The normalized spacial score (nSPS) is 10.8. The molecule has 0 saturated carbocycles. The van der Waals surface area contributed by atoms with E-state index in [0.29, 0.717) is 0 Å². The van der Waals surface area contributed by atoms with Crippen molar-refractivity contribution in [2.24, 2.45) is 0 Å². The number of aryl methyl sites for hydroxylation is 2. The van der Waals surface area contributed by atoms with Crippen LogP contribution in [0.5, 0.6) is 0 Å². The lowest BCUT2D eigenvalue weighted by Crippen LogP contribution is -2.00. The molecule has 0 bridgehead atoms. The van der Waals surface area contributed by atoms with E-state index in [1.165, 1.54) is 12.1 Å². The predicted molar refractivity (Wildman–Crippen MR) is 76.2 cm³/mol. The zero-order valence-electron chi connectivity index (χ0n) is 11.3. The van der Waals surface area contributed by atoms with Crippen LogP contribution >= 0.6 is 0 Å². The Hall–Kier alpha value is -2.49. The molecule has 0 saturated heterocycles. The molecule has 0 aliphatic rings. The molecule has 0 atom stereocenters. The molecule has 0 amide bonds. The summed E-state index contributed by atoms with van der Waals surface area (Å²) in [5.41, 5.74) is 4.89. The highest BCUT2D eigenvalue weighted by molar-refractivity contribution is 5.58. The van der Waals surface area contributed by atoms with E-state index in [1.54, 1.807) is 16.8 Å². The average molecular weight is 267 g/mol. The minimum absolute atomic E-state index is 0.254. The Morgan fingerprint density at radius 1 is 0.950 bits per heavy atom. The monoisotopic (exact) mass is 267 g/mol. The minimum atomic E-state index is -0.254. The zero-order valence-corrected chi connectivity index (χ0v) is 11.3. The first kappa shape index (κ1) is 12.5. The minimum Gasteiger partial charge on any atom is -0.220 e. The molecular formula is C16H14FN3. The number of benzene rings is 2. The molecule has 1 aromatic heterocycles. The molecule has 4 heteroatoms. The van der Waals surface area contributed by atoms with Crippen LogP contribution in [0.15, 0.2) is 48.7 Å². The first-order valence-electron chi connectivity index (χ1n) is 6.40. The summed E-state index contributed by atoms with van der Waals surface area (Å²) in [7, 11) is 0. The number of halogens is 1. The predicted octanol–water partition coefficient (Wildman–Crippen LogP) is 3.69.